The van der Waals surface area contributed by atoms with Gasteiger partial charge in [-0.2, -0.15) is 0 Å². The van der Waals surface area contributed by atoms with E-state index in [0.717, 1.165) is 19.3 Å². The van der Waals surface area contributed by atoms with Crippen LogP contribution in [0.15, 0.2) is 0 Å². The van der Waals surface area contributed by atoms with Crippen LogP contribution in [0.3, 0.4) is 0 Å². The van der Waals surface area contributed by atoms with Crippen LogP contribution in [0.5, 0.6) is 0 Å². The lowest BCUT2D eigenvalue weighted by atomic mass is 10.00. The lowest BCUT2D eigenvalue weighted by Crippen LogP contribution is -2.44. The third-order valence-electron chi connectivity index (χ3n) is 1.95. The van der Waals surface area contributed by atoms with Gasteiger partial charge in [0.25, 0.3) is 5.91 Å². The number of hydrogen-bond acceptors (Lipinski definition) is 2. The summed E-state index contributed by atoms with van der Waals surface area (Å²) in [5.74, 6) is -0.660. The molecule has 3 nitrogen and oxygen atoms in total. The molecule has 1 atom stereocenters. The lowest BCUT2D eigenvalue weighted by Gasteiger charge is -2.21. The van der Waals surface area contributed by atoms with Gasteiger partial charge in [-0.15, -0.1) is 0 Å². The van der Waals surface area contributed by atoms with E-state index in [1.54, 1.807) is 0 Å². The number of ketones is 1. The number of hydrogen-bond donors (Lipinski definition) is 1. The highest BCUT2D eigenvalue weighted by atomic mass is 16.2. The number of nitrogens with one attached hydrogen (secondary N) is 1. The average molecular weight is 155 g/mol. The number of piperidine rings is 1. The highest BCUT2D eigenvalue weighted by Gasteiger charge is 2.24. The molecule has 0 saturated carbocycles. The fourth-order valence-electron chi connectivity index (χ4n) is 1.32. The van der Waals surface area contributed by atoms with Crippen LogP contribution >= 0.6 is 0 Å². The summed E-state index contributed by atoms with van der Waals surface area (Å²) in [6.45, 7) is 2.07. The molecule has 0 aromatic heterocycles. The Kier molecular flexibility index (Phi) is 2.63. The molecule has 62 valence electrons. The maximum absolute atomic E-state index is 10.8. The van der Waals surface area contributed by atoms with Gasteiger partial charge in [0, 0.05) is 12.5 Å². The molecule has 1 unspecified atom stereocenters. The number of carbonyl (C=O) groups is 2. The van der Waals surface area contributed by atoms with Crippen molar-refractivity contribution in [2.45, 2.75) is 38.6 Å². The van der Waals surface area contributed by atoms with E-state index in [0.29, 0.717) is 6.42 Å². The molecular weight excluding hydrogens is 142 g/mol. The van der Waals surface area contributed by atoms with Crippen LogP contribution in [-0.4, -0.2) is 17.7 Å². The molecule has 11 heavy (non-hydrogen) atoms. The van der Waals surface area contributed by atoms with Gasteiger partial charge in [0.2, 0.25) is 5.78 Å². The van der Waals surface area contributed by atoms with Gasteiger partial charge in [-0.25, -0.2) is 0 Å². The number of Topliss-reactive ketones (excluding diaryl/α,β-unsaturated/α-hetero) is 1. The zero-order chi connectivity index (χ0) is 8.27. The van der Waals surface area contributed by atoms with Crippen LogP contribution in [0.4, 0.5) is 0 Å². The monoisotopic (exact) mass is 155 g/mol. The molecule has 1 saturated heterocycles. The maximum Gasteiger partial charge on any atom is 0.287 e. The average Bonchev–Trinajstić information content (AvgIpc) is 1.98. The Morgan fingerprint density at radius 1 is 1.55 bits per heavy atom. The highest BCUT2D eigenvalue weighted by Crippen LogP contribution is 2.09. The van der Waals surface area contributed by atoms with Gasteiger partial charge in [0.1, 0.15) is 0 Å². The SMILES string of the molecule is CCCC1CCC(=O)C(=O)N1. The van der Waals surface area contributed by atoms with Crippen molar-refractivity contribution in [1.82, 2.24) is 5.32 Å². The molecule has 1 N–H and O–H groups in total. The number of rotatable bonds is 2. The fraction of sp³-hybridized carbons (Fsp3) is 0.750. The van der Waals surface area contributed by atoms with Crippen LogP contribution in [0.1, 0.15) is 32.6 Å². The largest absolute Gasteiger partial charge is 0.347 e. The molecular formula is C8H13NO2. The smallest absolute Gasteiger partial charge is 0.287 e. The van der Waals surface area contributed by atoms with Gasteiger partial charge in [-0.1, -0.05) is 13.3 Å². The summed E-state index contributed by atoms with van der Waals surface area (Å²) >= 11 is 0. The summed E-state index contributed by atoms with van der Waals surface area (Å²) in [5, 5.41) is 2.68. The minimum absolute atomic E-state index is 0.241. The molecule has 0 aliphatic carbocycles. The predicted octanol–water partition coefficient (Wildman–Crippen LogP) is 0.634. The van der Waals surface area contributed by atoms with Crippen molar-refractivity contribution < 1.29 is 9.59 Å². The summed E-state index contributed by atoms with van der Waals surface area (Å²) in [6, 6.07) is 0.241. The van der Waals surface area contributed by atoms with Crippen LogP contribution in [0.25, 0.3) is 0 Å². The molecule has 0 radical (unpaired) electrons. The van der Waals surface area contributed by atoms with Gasteiger partial charge in [0.15, 0.2) is 0 Å². The van der Waals surface area contributed by atoms with E-state index in [1.807, 2.05) is 0 Å². The van der Waals surface area contributed by atoms with Crippen molar-refractivity contribution >= 4 is 11.7 Å². The Balaban J connectivity index is 2.40. The van der Waals surface area contributed by atoms with Crippen LogP contribution in [-0.2, 0) is 9.59 Å². The van der Waals surface area contributed by atoms with E-state index in [2.05, 4.69) is 12.2 Å². The second-order valence-electron chi connectivity index (χ2n) is 2.92. The minimum atomic E-state index is -0.394. The van der Waals surface area contributed by atoms with Gasteiger partial charge in [-0.05, 0) is 12.8 Å². The summed E-state index contributed by atoms with van der Waals surface area (Å²) in [7, 11) is 0. The lowest BCUT2D eigenvalue weighted by molar-refractivity contribution is -0.140. The molecule has 1 fully saturated rings. The quantitative estimate of drug-likeness (QED) is 0.594. The second kappa shape index (κ2) is 3.51. The van der Waals surface area contributed by atoms with Gasteiger partial charge >= 0.3 is 0 Å². The molecule has 1 aliphatic rings. The maximum atomic E-state index is 10.8. The minimum Gasteiger partial charge on any atom is -0.347 e. The van der Waals surface area contributed by atoms with Crippen LogP contribution in [0, 0.1) is 0 Å². The first-order valence-corrected chi connectivity index (χ1v) is 4.07. The number of amides is 1. The van der Waals surface area contributed by atoms with Crippen LogP contribution in [0.2, 0.25) is 0 Å². The fourth-order valence-corrected chi connectivity index (χ4v) is 1.32. The summed E-state index contributed by atoms with van der Waals surface area (Å²) in [5.41, 5.74) is 0. The van der Waals surface area contributed by atoms with Crippen molar-refractivity contribution in [1.29, 1.82) is 0 Å². The zero-order valence-electron chi connectivity index (χ0n) is 6.72. The molecule has 1 amide bonds. The first-order valence-electron chi connectivity index (χ1n) is 4.07. The third-order valence-corrected chi connectivity index (χ3v) is 1.95. The van der Waals surface area contributed by atoms with Crippen molar-refractivity contribution in [3.8, 4) is 0 Å². The van der Waals surface area contributed by atoms with Gasteiger partial charge < -0.3 is 5.32 Å². The topological polar surface area (TPSA) is 46.2 Å². The first-order chi connectivity index (χ1) is 5.24. The van der Waals surface area contributed by atoms with Crippen molar-refractivity contribution in [2.24, 2.45) is 0 Å². The van der Waals surface area contributed by atoms with Crippen LogP contribution < -0.4 is 5.32 Å². The zero-order valence-corrected chi connectivity index (χ0v) is 6.72. The summed E-state index contributed by atoms with van der Waals surface area (Å²) < 4.78 is 0. The van der Waals surface area contributed by atoms with Gasteiger partial charge in [0.05, 0.1) is 0 Å². The van der Waals surface area contributed by atoms with E-state index >= 15 is 0 Å². The molecule has 1 heterocycles. The third kappa shape index (κ3) is 2.03. The molecule has 0 bridgehead atoms. The van der Waals surface area contributed by atoms with E-state index in [1.165, 1.54) is 0 Å². The van der Waals surface area contributed by atoms with E-state index < -0.39 is 5.91 Å². The van der Waals surface area contributed by atoms with Crippen molar-refractivity contribution in [2.75, 3.05) is 0 Å². The van der Waals surface area contributed by atoms with E-state index in [-0.39, 0.29) is 11.8 Å². The summed E-state index contributed by atoms with van der Waals surface area (Å²) in [6.07, 6.45) is 3.28. The Bertz CT molecular complexity index is 177. The highest BCUT2D eigenvalue weighted by molar-refractivity contribution is 6.36. The summed E-state index contributed by atoms with van der Waals surface area (Å²) in [4.78, 5) is 21.6. The van der Waals surface area contributed by atoms with Crippen molar-refractivity contribution in [3.05, 3.63) is 0 Å². The molecule has 0 aromatic rings. The standard InChI is InChI=1S/C8H13NO2/c1-2-3-6-4-5-7(10)8(11)9-6/h6H,2-5H2,1H3,(H,9,11). The molecule has 1 aliphatic heterocycles. The predicted molar refractivity (Wildman–Crippen MR) is 41.1 cm³/mol. The number of carbonyl (C=O) groups excluding carboxylic acids is 2. The Morgan fingerprint density at radius 2 is 2.27 bits per heavy atom. The Morgan fingerprint density at radius 3 is 2.82 bits per heavy atom. The van der Waals surface area contributed by atoms with E-state index in [9.17, 15) is 9.59 Å². The normalized spacial score (nSPS) is 25.0. The molecule has 0 aromatic carbocycles. The molecule has 1 rings (SSSR count). The molecule has 0 spiro atoms. The molecule has 3 heteroatoms. The van der Waals surface area contributed by atoms with Gasteiger partial charge in [-0.3, -0.25) is 9.59 Å². The van der Waals surface area contributed by atoms with E-state index in [4.69, 9.17) is 0 Å². The van der Waals surface area contributed by atoms with Crippen molar-refractivity contribution in [3.63, 3.8) is 0 Å². The Labute approximate surface area is 66.2 Å². The second-order valence-corrected chi connectivity index (χ2v) is 2.92. The Hall–Kier alpha value is -0.860. The first kappa shape index (κ1) is 8.24.